The van der Waals surface area contributed by atoms with Gasteiger partial charge in [0.25, 0.3) is 5.56 Å². The lowest BCUT2D eigenvalue weighted by molar-refractivity contribution is 0.0697. The molecule has 128 valence electrons. The highest BCUT2D eigenvalue weighted by Gasteiger charge is 2.18. The maximum absolute atomic E-state index is 13.5. The van der Waals surface area contributed by atoms with E-state index in [1.54, 1.807) is 24.3 Å². The number of carboxylic acid groups (broad SMARTS) is 1. The number of nitrogens with one attached hydrogen (secondary N) is 1. The number of carboxylic acids is 1. The summed E-state index contributed by atoms with van der Waals surface area (Å²) in [4.78, 5) is 34.6. The first-order chi connectivity index (χ1) is 12.4. The van der Waals surface area contributed by atoms with Crippen LogP contribution in [0.15, 0.2) is 47.3 Å². The summed E-state index contributed by atoms with van der Waals surface area (Å²) in [6, 6.07) is 9.79. The number of pyridine rings is 1. The van der Waals surface area contributed by atoms with Crippen molar-refractivity contribution in [1.29, 1.82) is 0 Å². The Morgan fingerprint density at radius 3 is 2.50 bits per heavy atom. The van der Waals surface area contributed by atoms with Crippen molar-refractivity contribution in [1.82, 2.24) is 15.0 Å². The van der Waals surface area contributed by atoms with E-state index in [1.807, 2.05) is 0 Å². The first kappa shape index (κ1) is 15.8. The van der Waals surface area contributed by atoms with Crippen LogP contribution in [0.1, 0.15) is 10.4 Å². The van der Waals surface area contributed by atoms with Crippen molar-refractivity contribution in [3.8, 4) is 11.5 Å². The van der Waals surface area contributed by atoms with Crippen molar-refractivity contribution < 1.29 is 18.7 Å². The quantitative estimate of drug-likeness (QED) is 0.577. The van der Waals surface area contributed by atoms with Crippen molar-refractivity contribution in [3.63, 3.8) is 0 Å². The fraction of sp³-hybridized carbons (Fsp3) is 0. The molecule has 2 aromatic carbocycles. The third kappa shape index (κ3) is 2.48. The minimum absolute atomic E-state index is 0.0695. The molecule has 0 amide bonds. The molecular weight excluding hydrogens is 344 g/mol. The Labute approximate surface area is 143 Å². The number of carbonyl (C=O) groups is 1. The second-order valence-corrected chi connectivity index (χ2v) is 5.58. The van der Waals surface area contributed by atoms with Crippen molar-refractivity contribution in [2.45, 2.75) is 0 Å². The van der Waals surface area contributed by atoms with E-state index in [4.69, 9.17) is 0 Å². The molecule has 2 heterocycles. The van der Waals surface area contributed by atoms with E-state index in [2.05, 4.69) is 15.0 Å². The summed E-state index contributed by atoms with van der Waals surface area (Å²) in [7, 11) is 0. The zero-order valence-electron chi connectivity index (χ0n) is 13.0. The van der Waals surface area contributed by atoms with Gasteiger partial charge in [-0.2, -0.15) is 0 Å². The third-order valence-corrected chi connectivity index (χ3v) is 3.93. The molecule has 8 heteroatoms. The van der Waals surface area contributed by atoms with Gasteiger partial charge in [-0.1, -0.05) is 18.2 Å². The maximum atomic E-state index is 13.5. The van der Waals surface area contributed by atoms with Crippen LogP contribution in [0.5, 0.6) is 0 Å². The number of para-hydroxylation sites is 1. The second-order valence-electron chi connectivity index (χ2n) is 5.58. The topological polar surface area (TPSA) is 95.9 Å². The molecular formula is C18H9F2N3O3. The van der Waals surface area contributed by atoms with Gasteiger partial charge in [0.1, 0.15) is 5.69 Å². The van der Waals surface area contributed by atoms with Gasteiger partial charge < -0.3 is 10.1 Å². The molecule has 0 aliphatic heterocycles. The molecule has 2 aromatic heterocycles. The van der Waals surface area contributed by atoms with Crippen LogP contribution in [0.2, 0.25) is 0 Å². The summed E-state index contributed by atoms with van der Waals surface area (Å²) >= 11 is 0. The molecule has 0 aliphatic carbocycles. The van der Waals surface area contributed by atoms with E-state index in [-0.39, 0.29) is 28.0 Å². The Balaban J connectivity index is 2.06. The predicted molar refractivity (Wildman–Crippen MR) is 90.0 cm³/mol. The number of aromatic amines is 1. The second kappa shape index (κ2) is 5.69. The first-order valence-electron chi connectivity index (χ1n) is 7.46. The summed E-state index contributed by atoms with van der Waals surface area (Å²) in [6.45, 7) is 0. The average Bonchev–Trinajstić information content (AvgIpc) is 2.62. The lowest BCUT2D eigenvalue weighted by Crippen LogP contribution is -2.13. The molecule has 0 bridgehead atoms. The molecule has 0 spiro atoms. The molecule has 0 aliphatic rings. The highest BCUT2D eigenvalue weighted by Crippen LogP contribution is 2.24. The largest absolute Gasteiger partial charge is 0.478 e. The highest BCUT2D eigenvalue weighted by atomic mass is 19.2. The predicted octanol–water partition coefficient (Wildman–Crippen LogP) is 3.11. The molecule has 0 unspecified atom stereocenters. The Bertz CT molecular complexity index is 1270. The lowest BCUT2D eigenvalue weighted by Gasteiger charge is -2.08. The molecule has 0 fully saturated rings. The number of H-pyrrole nitrogens is 1. The van der Waals surface area contributed by atoms with Crippen LogP contribution in [0.4, 0.5) is 8.78 Å². The van der Waals surface area contributed by atoms with Crippen LogP contribution >= 0.6 is 0 Å². The number of aromatic carboxylic acids is 1. The van der Waals surface area contributed by atoms with Gasteiger partial charge >= 0.3 is 5.97 Å². The smallest absolute Gasteiger partial charge is 0.338 e. The molecule has 0 saturated heterocycles. The van der Waals surface area contributed by atoms with Crippen LogP contribution in [0, 0.1) is 11.6 Å². The number of nitrogens with zero attached hydrogens (tertiary/aromatic N) is 2. The van der Waals surface area contributed by atoms with Gasteiger partial charge in [-0.25, -0.2) is 23.5 Å². The summed E-state index contributed by atoms with van der Waals surface area (Å²) in [5.41, 5.74) is -0.571. The van der Waals surface area contributed by atoms with Crippen LogP contribution in [-0.2, 0) is 0 Å². The average molecular weight is 353 g/mol. The third-order valence-electron chi connectivity index (χ3n) is 3.93. The van der Waals surface area contributed by atoms with Crippen molar-refractivity contribution in [2.24, 2.45) is 0 Å². The van der Waals surface area contributed by atoms with Gasteiger partial charge in [0.2, 0.25) is 0 Å². The van der Waals surface area contributed by atoms with Gasteiger partial charge in [0.15, 0.2) is 17.5 Å². The molecule has 0 radical (unpaired) electrons. The molecule has 0 atom stereocenters. The van der Waals surface area contributed by atoms with E-state index < -0.39 is 23.2 Å². The molecule has 6 nitrogen and oxygen atoms in total. The van der Waals surface area contributed by atoms with Crippen LogP contribution in [0.25, 0.3) is 33.3 Å². The SMILES string of the molecule is O=C(O)c1cc2ccccc2nc1-c1nc2cc(F)c(F)cc2c(=O)[nH]1. The van der Waals surface area contributed by atoms with Crippen LogP contribution < -0.4 is 5.56 Å². The summed E-state index contributed by atoms with van der Waals surface area (Å²) in [5.74, 6) is -3.73. The summed E-state index contributed by atoms with van der Waals surface area (Å²) < 4.78 is 26.8. The Hall–Kier alpha value is -3.68. The fourth-order valence-corrected chi connectivity index (χ4v) is 2.71. The number of aromatic nitrogens is 3. The number of benzene rings is 2. The van der Waals surface area contributed by atoms with E-state index >= 15 is 0 Å². The van der Waals surface area contributed by atoms with E-state index in [1.165, 1.54) is 6.07 Å². The lowest BCUT2D eigenvalue weighted by atomic mass is 10.1. The Kier molecular flexibility index (Phi) is 3.47. The number of hydrogen-bond donors (Lipinski definition) is 2. The standard InChI is InChI=1S/C18H9F2N3O3/c19-11-6-9-14(7-12(11)20)22-16(23-17(9)24)15-10(18(25)26)5-8-3-1-2-4-13(8)21-15/h1-7H,(H,25,26)(H,22,23,24). The highest BCUT2D eigenvalue weighted by molar-refractivity contribution is 5.99. The van der Waals surface area contributed by atoms with Crippen molar-refractivity contribution in [3.05, 3.63) is 70.0 Å². The number of halogens is 2. The van der Waals surface area contributed by atoms with E-state index in [0.717, 1.165) is 12.1 Å². The minimum atomic E-state index is -1.26. The van der Waals surface area contributed by atoms with Gasteiger partial charge in [0.05, 0.1) is 22.0 Å². The zero-order valence-corrected chi connectivity index (χ0v) is 13.0. The zero-order chi connectivity index (χ0) is 18.4. The van der Waals surface area contributed by atoms with Crippen LogP contribution in [0.3, 0.4) is 0 Å². The number of rotatable bonds is 2. The molecule has 0 saturated carbocycles. The molecule has 26 heavy (non-hydrogen) atoms. The summed E-state index contributed by atoms with van der Waals surface area (Å²) in [6.07, 6.45) is 0. The normalized spacial score (nSPS) is 11.2. The fourth-order valence-electron chi connectivity index (χ4n) is 2.71. The molecule has 4 aromatic rings. The van der Waals surface area contributed by atoms with Crippen molar-refractivity contribution in [2.75, 3.05) is 0 Å². The van der Waals surface area contributed by atoms with E-state index in [0.29, 0.717) is 10.9 Å². The monoisotopic (exact) mass is 353 g/mol. The van der Waals surface area contributed by atoms with Gasteiger partial charge in [-0.15, -0.1) is 0 Å². The van der Waals surface area contributed by atoms with Gasteiger partial charge in [0, 0.05) is 11.5 Å². The van der Waals surface area contributed by atoms with Crippen molar-refractivity contribution >= 4 is 27.8 Å². The van der Waals surface area contributed by atoms with Gasteiger partial charge in [-0.05, 0) is 18.2 Å². The maximum Gasteiger partial charge on any atom is 0.338 e. The van der Waals surface area contributed by atoms with E-state index in [9.17, 15) is 23.5 Å². The minimum Gasteiger partial charge on any atom is -0.478 e. The number of hydrogen-bond acceptors (Lipinski definition) is 4. The molecule has 2 N–H and O–H groups in total. The van der Waals surface area contributed by atoms with Gasteiger partial charge in [-0.3, -0.25) is 4.79 Å². The Morgan fingerprint density at radius 1 is 1.00 bits per heavy atom. The number of fused-ring (bicyclic) bond motifs is 2. The molecule has 4 rings (SSSR count). The first-order valence-corrected chi connectivity index (χ1v) is 7.46. The summed E-state index contributed by atoms with van der Waals surface area (Å²) in [5, 5.41) is 9.93. The Morgan fingerprint density at radius 2 is 1.73 bits per heavy atom. The van der Waals surface area contributed by atoms with Crippen LogP contribution in [-0.4, -0.2) is 26.0 Å².